The first-order valence-corrected chi connectivity index (χ1v) is 9.20. The topological polar surface area (TPSA) is 61.0 Å². The molecule has 3 heterocycles. The summed E-state index contributed by atoms with van der Waals surface area (Å²) in [6.07, 6.45) is 7.47. The Kier molecular flexibility index (Phi) is 4.75. The van der Waals surface area contributed by atoms with Crippen LogP contribution < -0.4 is 9.47 Å². The average Bonchev–Trinajstić information content (AvgIpc) is 3.29. The lowest BCUT2D eigenvalue weighted by Gasteiger charge is -2.32. The molecule has 1 aromatic carbocycles. The molecule has 1 amide bonds. The van der Waals surface area contributed by atoms with E-state index in [9.17, 15) is 4.79 Å². The van der Waals surface area contributed by atoms with Crippen molar-refractivity contribution in [1.82, 2.24) is 19.1 Å². The van der Waals surface area contributed by atoms with Crippen LogP contribution in [0.25, 0.3) is 5.65 Å². The summed E-state index contributed by atoms with van der Waals surface area (Å²) in [5.41, 5.74) is 1.48. The smallest absolute Gasteiger partial charge is 0.259 e. The van der Waals surface area contributed by atoms with Crippen LogP contribution in [0.2, 0.25) is 0 Å². The number of ether oxygens (including phenoxy) is 2. The fourth-order valence-corrected chi connectivity index (χ4v) is 3.64. The number of benzene rings is 1. The molecule has 1 atom stereocenters. The maximum absolute atomic E-state index is 13.0. The van der Waals surface area contributed by atoms with E-state index in [0.29, 0.717) is 24.6 Å². The third kappa shape index (κ3) is 3.49. The van der Waals surface area contributed by atoms with E-state index in [0.717, 1.165) is 36.5 Å². The van der Waals surface area contributed by atoms with Gasteiger partial charge in [-0.15, -0.1) is 0 Å². The minimum atomic E-state index is 0.0425. The van der Waals surface area contributed by atoms with Gasteiger partial charge in [-0.2, -0.15) is 5.10 Å². The molecule has 1 aliphatic rings. The van der Waals surface area contributed by atoms with Crippen molar-refractivity contribution in [3.8, 4) is 11.5 Å². The van der Waals surface area contributed by atoms with Crippen LogP contribution >= 0.6 is 0 Å². The molecule has 2 aromatic heterocycles. The molecule has 142 valence electrons. The summed E-state index contributed by atoms with van der Waals surface area (Å²) in [5, 5.41) is 4.28. The van der Waals surface area contributed by atoms with Gasteiger partial charge in [0.2, 0.25) is 0 Å². The van der Waals surface area contributed by atoms with Crippen LogP contribution in [0, 0.1) is 5.92 Å². The number of imidazole rings is 1. The molecule has 1 unspecified atom stereocenters. The second kappa shape index (κ2) is 7.34. The zero-order chi connectivity index (χ0) is 18.8. The predicted molar refractivity (Wildman–Crippen MR) is 101 cm³/mol. The number of fused-ring (bicyclic) bond motifs is 1. The van der Waals surface area contributed by atoms with Gasteiger partial charge >= 0.3 is 0 Å². The quantitative estimate of drug-likeness (QED) is 0.695. The largest absolute Gasteiger partial charge is 0.497 e. The van der Waals surface area contributed by atoms with Gasteiger partial charge in [0, 0.05) is 38.4 Å². The van der Waals surface area contributed by atoms with Gasteiger partial charge in [0.05, 0.1) is 19.9 Å². The van der Waals surface area contributed by atoms with Gasteiger partial charge in [0.25, 0.3) is 5.91 Å². The van der Waals surface area contributed by atoms with Crippen molar-refractivity contribution in [1.29, 1.82) is 0 Å². The van der Waals surface area contributed by atoms with Crippen molar-refractivity contribution in [3.63, 3.8) is 0 Å². The minimum Gasteiger partial charge on any atom is -0.497 e. The van der Waals surface area contributed by atoms with Crippen LogP contribution in [-0.2, 0) is 7.05 Å². The highest BCUT2D eigenvalue weighted by atomic mass is 16.5. The minimum absolute atomic E-state index is 0.0425. The first-order valence-electron chi connectivity index (χ1n) is 9.20. The maximum atomic E-state index is 13.0. The lowest BCUT2D eigenvalue weighted by atomic mass is 9.98. The highest BCUT2D eigenvalue weighted by Gasteiger charge is 2.27. The molecule has 27 heavy (non-hydrogen) atoms. The fourth-order valence-electron chi connectivity index (χ4n) is 3.64. The van der Waals surface area contributed by atoms with Crippen molar-refractivity contribution in [2.75, 3.05) is 26.8 Å². The number of aromatic nitrogens is 3. The lowest BCUT2D eigenvalue weighted by molar-refractivity contribution is 0.0635. The molecule has 4 rings (SSSR count). The Hall–Kier alpha value is -2.96. The molecule has 0 spiro atoms. The molecule has 1 fully saturated rings. The van der Waals surface area contributed by atoms with Gasteiger partial charge in [0.1, 0.15) is 22.7 Å². The predicted octanol–water partition coefficient (Wildman–Crippen LogP) is 2.61. The van der Waals surface area contributed by atoms with Crippen molar-refractivity contribution in [3.05, 3.63) is 48.4 Å². The Morgan fingerprint density at radius 1 is 1.22 bits per heavy atom. The van der Waals surface area contributed by atoms with E-state index < -0.39 is 0 Å². The number of nitrogens with zero attached hydrogens (tertiary/aromatic N) is 4. The Labute approximate surface area is 158 Å². The van der Waals surface area contributed by atoms with E-state index in [1.54, 1.807) is 17.8 Å². The number of amides is 1. The molecule has 1 aliphatic heterocycles. The SMILES string of the molecule is COc1ccc(OCC2CCCN(C(=O)c3cnn4ccn(C)c34)C2)cc1. The molecule has 7 nitrogen and oxygen atoms in total. The monoisotopic (exact) mass is 368 g/mol. The molecule has 0 radical (unpaired) electrons. The normalized spacial score (nSPS) is 17.3. The molecular formula is C20H24N4O3. The zero-order valence-electron chi connectivity index (χ0n) is 15.7. The summed E-state index contributed by atoms with van der Waals surface area (Å²) in [5.74, 6) is 2.00. The second-order valence-electron chi connectivity index (χ2n) is 6.98. The number of hydrogen-bond donors (Lipinski definition) is 0. The van der Waals surface area contributed by atoms with E-state index in [4.69, 9.17) is 9.47 Å². The standard InChI is InChI=1S/C20H24N4O3/c1-22-10-11-24-19(22)18(12-21-24)20(25)23-9-3-4-15(13-23)14-27-17-7-5-16(26-2)6-8-17/h5-8,10-12,15H,3-4,9,13-14H2,1-2H3. The number of hydrogen-bond acceptors (Lipinski definition) is 4. The molecule has 0 N–H and O–H groups in total. The Morgan fingerprint density at radius 3 is 2.78 bits per heavy atom. The summed E-state index contributed by atoms with van der Waals surface area (Å²) < 4.78 is 14.8. The molecule has 1 saturated heterocycles. The maximum Gasteiger partial charge on any atom is 0.259 e. The van der Waals surface area contributed by atoms with E-state index >= 15 is 0 Å². The third-order valence-electron chi connectivity index (χ3n) is 5.12. The van der Waals surface area contributed by atoms with E-state index in [1.165, 1.54) is 0 Å². The average molecular weight is 368 g/mol. The van der Waals surface area contributed by atoms with Gasteiger partial charge < -0.3 is 18.9 Å². The molecule has 0 saturated carbocycles. The summed E-state index contributed by atoms with van der Waals surface area (Å²) in [6, 6.07) is 7.58. The van der Waals surface area contributed by atoms with Crippen LogP contribution in [0.3, 0.4) is 0 Å². The number of rotatable bonds is 5. The van der Waals surface area contributed by atoms with Crippen LogP contribution in [0.4, 0.5) is 0 Å². The highest BCUT2D eigenvalue weighted by Crippen LogP contribution is 2.23. The van der Waals surface area contributed by atoms with E-state index in [-0.39, 0.29) is 5.91 Å². The Morgan fingerprint density at radius 2 is 2.00 bits per heavy atom. The molecule has 0 bridgehead atoms. The number of carbonyl (C=O) groups is 1. The first kappa shape index (κ1) is 17.5. The van der Waals surface area contributed by atoms with E-state index in [1.807, 2.05) is 53.2 Å². The summed E-state index contributed by atoms with van der Waals surface area (Å²) in [4.78, 5) is 14.9. The number of methoxy groups -OCH3 is 1. The van der Waals surface area contributed by atoms with Crippen molar-refractivity contribution in [2.24, 2.45) is 13.0 Å². The summed E-state index contributed by atoms with van der Waals surface area (Å²) in [6.45, 7) is 2.08. The molecule has 7 heteroatoms. The summed E-state index contributed by atoms with van der Waals surface area (Å²) >= 11 is 0. The Balaban J connectivity index is 1.40. The zero-order valence-corrected chi connectivity index (χ0v) is 15.7. The Bertz CT molecular complexity index is 929. The van der Waals surface area contributed by atoms with E-state index in [2.05, 4.69) is 5.10 Å². The van der Waals surface area contributed by atoms with Gasteiger partial charge in [0.15, 0.2) is 0 Å². The van der Waals surface area contributed by atoms with Crippen LogP contribution in [0.15, 0.2) is 42.9 Å². The number of likely N-dealkylation sites (tertiary alicyclic amines) is 1. The summed E-state index contributed by atoms with van der Waals surface area (Å²) in [7, 11) is 3.57. The second-order valence-corrected chi connectivity index (χ2v) is 6.98. The van der Waals surface area contributed by atoms with Crippen molar-refractivity contribution >= 4 is 11.6 Å². The van der Waals surface area contributed by atoms with Crippen LogP contribution in [-0.4, -0.2) is 51.8 Å². The van der Waals surface area contributed by atoms with Gasteiger partial charge in [-0.25, -0.2) is 4.52 Å². The van der Waals surface area contributed by atoms with Gasteiger partial charge in [-0.05, 0) is 37.1 Å². The number of carbonyl (C=O) groups excluding carboxylic acids is 1. The number of piperidine rings is 1. The highest BCUT2D eigenvalue weighted by molar-refractivity contribution is 5.99. The molecule has 3 aromatic rings. The van der Waals surface area contributed by atoms with Gasteiger partial charge in [-0.3, -0.25) is 4.79 Å². The molecular weight excluding hydrogens is 344 g/mol. The lowest BCUT2D eigenvalue weighted by Crippen LogP contribution is -2.41. The first-order chi connectivity index (χ1) is 13.2. The van der Waals surface area contributed by atoms with Crippen LogP contribution in [0.5, 0.6) is 11.5 Å². The van der Waals surface area contributed by atoms with Crippen molar-refractivity contribution < 1.29 is 14.3 Å². The fraction of sp³-hybridized carbons (Fsp3) is 0.400. The molecule has 0 aliphatic carbocycles. The van der Waals surface area contributed by atoms with Crippen molar-refractivity contribution in [2.45, 2.75) is 12.8 Å². The van der Waals surface area contributed by atoms with Crippen LogP contribution in [0.1, 0.15) is 23.2 Å². The van der Waals surface area contributed by atoms with Gasteiger partial charge in [-0.1, -0.05) is 0 Å². The number of aryl methyl sites for hydroxylation is 1. The third-order valence-corrected chi connectivity index (χ3v) is 5.12.